The molecular weight excluding hydrogens is 534 g/mol. The Morgan fingerprint density at radius 1 is 0.900 bits per heavy atom. The minimum Gasteiger partial charge on any atom is -0.467 e. The predicted molar refractivity (Wildman–Crippen MR) is 148 cm³/mol. The zero-order valence-corrected chi connectivity index (χ0v) is 23.3. The molecule has 11 heteroatoms. The van der Waals surface area contributed by atoms with Crippen molar-refractivity contribution in [3.05, 3.63) is 83.8 Å². The number of amides is 1. The average molecular weight is 570 g/mol. The number of furan rings is 1. The van der Waals surface area contributed by atoms with E-state index in [0.717, 1.165) is 25.2 Å². The van der Waals surface area contributed by atoms with Crippen molar-refractivity contribution in [1.29, 1.82) is 0 Å². The fourth-order valence-electron chi connectivity index (χ4n) is 4.82. The maximum atomic E-state index is 13.8. The van der Waals surface area contributed by atoms with E-state index >= 15 is 0 Å². The van der Waals surface area contributed by atoms with Gasteiger partial charge in [-0.15, -0.1) is 0 Å². The topological polar surface area (TPSA) is 102 Å². The van der Waals surface area contributed by atoms with Gasteiger partial charge in [-0.25, -0.2) is 8.42 Å². The molecule has 10 nitrogen and oxygen atoms in total. The number of rotatable bonds is 13. The lowest BCUT2D eigenvalue weighted by Gasteiger charge is -2.29. The summed E-state index contributed by atoms with van der Waals surface area (Å²) in [5.41, 5.74) is 1.52. The van der Waals surface area contributed by atoms with Crippen LogP contribution < -0.4 is 9.47 Å². The number of carbonyl (C=O) groups is 1. The van der Waals surface area contributed by atoms with Crippen LogP contribution in [-0.4, -0.2) is 81.2 Å². The predicted octanol–water partition coefficient (Wildman–Crippen LogP) is 3.09. The Kier molecular flexibility index (Phi) is 9.38. The van der Waals surface area contributed by atoms with Crippen molar-refractivity contribution < 1.29 is 31.8 Å². The van der Waals surface area contributed by atoms with Gasteiger partial charge in [-0.3, -0.25) is 9.69 Å². The molecule has 1 amide bonds. The van der Waals surface area contributed by atoms with E-state index in [0.29, 0.717) is 42.5 Å². The van der Waals surface area contributed by atoms with E-state index < -0.39 is 10.0 Å². The lowest BCUT2D eigenvalue weighted by atomic mass is 10.2. The van der Waals surface area contributed by atoms with Gasteiger partial charge in [0.1, 0.15) is 5.76 Å². The number of morpholine rings is 1. The first-order chi connectivity index (χ1) is 19.5. The van der Waals surface area contributed by atoms with Crippen molar-refractivity contribution in [2.75, 3.05) is 52.7 Å². The highest BCUT2D eigenvalue weighted by Gasteiger charge is 2.28. The van der Waals surface area contributed by atoms with Crippen molar-refractivity contribution >= 4 is 15.9 Å². The van der Waals surface area contributed by atoms with Crippen LogP contribution in [0, 0.1) is 0 Å². The van der Waals surface area contributed by atoms with E-state index in [1.165, 1.54) is 4.31 Å². The first kappa shape index (κ1) is 28.2. The van der Waals surface area contributed by atoms with Gasteiger partial charge in [0.05, 0.1) is 38.3 Å². The minimum absolute atomic E-state index is 0.159. The van der Waals surface area contributed by atoms with Crippen molar-refractivity contribution in [2.45, 2.75) is 25.3 Å². The maximum Gasteiger partial charge on any atom is 0.238 e. The summed E-state index contributed by atoms with van der Waals surface area (Å²) in [6.45, 7) is 4.35. The quantitative estimate of drug-likeness (QED) is 0.310. The Balaban J connectivity index is 1.32. The van der Waals surface area contributed by atoms with Gasteiger partial charge >= 0.3 is 0 Å². The average Bonchev–Trinajstić information content (AvgIpc) is 3.65. The number of hydrogen-bond acceptors (Lipinski definition) is 8. The number of ether oxygens (including phenoxy) is 3. The van der Waals surface area contributed by atoms with Crippen molar-refractivity contribution in [1.82, 2.24) is 14.1 Å². The molecule has 40 heavy (non-hydrogen) atoms. The summed E-state index contributed by atoms with van der Waals surface area (Å²) in [5.74, 6) is 1.42. The Labute approximate surface area is 235 Å². The van der Waals surface area contributed by atoms with Crippen LogP contribution in [0.2, 0.25) is 0 Å². The SMILES string of the molecule is O=C(CN(CCCN1CCOCC1)S(=O)(=O)Cc1ccccc1)N(Cc1ccc2c(c1)OCO2)Cc1ccco1. The van der Waals surface area contributed by atoms with Gasteiger partial charge in [-0.1, -0.05) is 36.4 Å². The summed E-state index contributed by atoms with van der Waals surface area (Å²) in [6, 6.07) is 18.1. The maximum absolute atomic E-state index is 13.8. The standard InChI is InChI=1S/C29H35N3O7S/c33-29(31(20-26-8-4-15-37-26)19-25-9-10-27-28(18-25)39-23-38-27)21-32(12-5-11-30-13-16-36-17-14-30)40(34,35)22-24-6-2-1-3-7-24/h1-4,6-10,15,18H,5,11-14,16-17,19-23H2. The lowest BCUT2D eigenvalue weighted by Crippen LogP contribution is -2.44. The molecule has 0 aliphatic carbocycles. The van der Waals surface area contributed by atoms with Gasteiger partial charge in [-0.2, -0.15) is 4.31 Å². The summed E-state index contributed by atoms with van der Waals surface area (Å²) >= 11 is 0. The zero-order chi connectivity index (χ0) is 27.8. The molecule has 214 valence electrons. The Bertz CT molecular complexity index is 1340. The fourth-order valence-corrected chi connectivity index (χ4v) is 6.33. The molecule has 0 spiro atoms. The third kappa shape index (κ3) is 7.63. The van der Waals surface area contributed by atoms with Crippen LogP contribution in [0.4, 0.5) is 0 Å². The van der Waals surface area contributed by atoms with Gasteiger partial charge in [0.25, 0.3) is 0 Å². The van der Waals surface area contributed by atoms with Crippen LogP contribution in [0.25, 0.3) is 0 Å². The monoisotopic (exact) mass is 569 g/mol. The Morgan fingerprint density at radius 3 is 2.48 bits per heavy atom. The normalized spacial score (nSPS) is 15.4. The van der Waals surface area contributed by atoms with Crippen LogP contribution in [0.15, 0.2) is 71.3 Å². The van der Waals surface area contributed by atoms with E-state index in [4.69, 9.17) is 18.6 Å². The van der Waals surface area contributed by atoms with Crippen LogP contribution in [0.1, 0.15) is 23.3 Å². The lowest BCUT2D eigenvalue weighted by molar-refractivity contribution is -0.133. The van der Waals surface area contributed by atoms with Gasteiger partial charge in [0.15, 0.2) is 11.5 Å². The van der Waals surface area contributed by atoms with E-state index in [2.05, 4.69) is 4.90 Å². The molecule has 1 saturated heterocycles. The second kappa shape index (κ2) is 13.3. The molecule has 5 rings (SSSR count). The summed E-state index contributed by atoms with van der Waals surface area (Å²) in [6.07, 6.45) is 2.17. The zero-order valence-electron chi connectivity index (χ0n) is 22.4. The summed E-state index contributed by atoms with van der Waals surface area (Å²) in [7, 11) is -3.77. The molecule has 0 unspecified atom stereocenters. The van der Waals surface area contributed by atoms with E-state index in [9.17, 15) is 13.2 Å². The molecule has 1 aromatic heterocycles. The fraction of sp³-hybridized carbons (Fsp3) is 0.414. The van der Waals surface area contributed by atoms with Gasteiger partial charge in [0, 0.05) is 26.2 Å². The molecule has 3 heterocycles. The second-order valence-electron chi connectivity index (χ2n) is 9.90. The van der Waals surface area contributed by atoms with Gasteiger partial charge in [-0.05, 0) is 48.4 Å². The van der Waals surface area contributed by atoms with Crippen LogP contribution >= 0.6 is 0 Å². The molecule has 0 bridgehead atoms. The molecule has 2 aromatic carbocycles. The largest absolute Gasteiger partial charge is 0.467 e. The molecule has 1 fully saturated rings. The Morgan fingerprint density at radius 2 is 1.70 bits per heavy atom. The first-order valence-corrected chi connectivity index (χ1v) is 15.1. The molecule has 0 N–H and O–H groups in total. The number of fused-ring (bicyclic) bond motifs is 1. The van der Waals surface area contributed by atoms with Crippen molar-refractivity contribution in [3.63, 3.8) is 0 Å². The highest BCUT2D eigenvalue weighted by atomic mass is 32.2. The van der Waals surface area contributed by atoms with E-state index in [1.54, 1.807) is 35.4 Å². The summed E-state index contributed by atoms with van der Waals surface area (Å²) in [4.78, 5) is 17.7. The number of benzene rings is 2. The highest BCUT2D eigenvalue weighted by Crippen LogP contribution is 2.33. The Hall–Kier alpha value is -3.38. The second-order valence-corrected chi connectivity index (χ2v) is 11.9. The van der Waals surface area contributed by atoms with Crippen LogP contribution in [0.5, 0.6) is 11.5 Å². The summed E-state index contributed by atoms with van der Waals surface area (Å²) in [5, 5.41) is 0. The number of hydrogen-bond donors (Lipinski definition) is 0. The third-order valence-electron chi connectivity index (χ3n) is 6.97. The number of nitrogens with zero attached hydrogens (tertiary/aromatic N) is 3. The van der Waals surface area contributed by atoms with E-state index in [-0.39, 0.29) is 44.6 Å². The van der Waals surface area contributed by atoms with Gasteiger partial charge in [0.2, 0.25) is 22.7 Å². The van der Waals surface area contributed by atoms with Crippen LogP contribution in [-0.2, 0) is 38.4 Å². The molecule has 2 aliphatic rings. The smallest absolute Gasteiger partial charge is 0.238 e. The molecule has 3 aromatic rings. The molecule has 0 radical (unpaired) electrons. The third-order valence-corrected chi connectivity index (χ3v) is 8.77. The van der Waals surface area contributed by atoms with Crippen LogP contribution in [0.3, 0.4) is 0 Å². The van der Waals surface area contributed by atoms with Gasteiger partial charge < -0.3 is 23.5 Å². The first-order valence-electron chi connectivity index (χ1n) is 13.5. The van der Waals surface area contributed by atoms with Crippen molar-refractivity contribution in [2.24, 2.45) is 0 Å². The molecule has 0 saturated carbocycles. The molecular formula is C29H35N3O7S. The van der Waals surface area contributed by atoms with E-state index in [1.807, 2.05) is 36.4 Å². The summed E-state index contributed by atoms with van der Waals surface area (Å²) < 4.78 is 50.4. The molecule has 2 aliphatic heterocycles. The number of sulfonamides is 1. The molecule has 0 atom stereocenters. The number of carbonyl (C=O) groups excluding carboxylic acids is 1. The minimum atomic E-state index is -3.77. The van der Waals surface area contributed by atoms with Crippen molar-refractivity contribution in [3.8, 4) is 11.5 Å². The highest BCUT2D eigenvalue weighted by molar-refractivity contribution is 7.88.